The highest BCUT2D eigenvalue weighted by atomic mass is 16.5. The number of nitrogens with zero attached hydrogens (tertiary/aromatic N) is 1. The number of morpholine rings is 1. The van der Waals surface area contributed by atoms with Crippen LogP contribution in [0.15, 0.2) is 35.9 Å². The van der Waals surface area contributed by atoms with E-state index in [0.29, 0.717) is 0 Å². The lowest BCUT2D eigenvalue weighted by molar-refractivity contribution is -0.112. The van der Waals surface area contributed by atoms with E-state index < -0.39 is 0 Å². The Kier molecular flexibility index (Phi) is 4.58. The first-order valence-electron chi connectivity index (χ1n) is 6.57. The topological polar surface area (TPSA) is 41.6 Å². The van der Waals surface area contributed by atoms with Crippen molar-refractivity contribution >= 4 is 17.3 Å². The van der Waals surface area contributed by atoms with Gasteiger partial charge < -0.3 is 15.0 Å². The van der Waals surface area contributed by atoms with Crippen molar-refractivity contribution in [3.05, 3.63) is 35.9 Å². The zero-order valence-electron chi connectivity index (χ0n) is 11.5. The molecule has 0 saturated carbocycles. The van der Waals surface area contributed by atoms with Gasteiger partial charge in [-0.15, -0.1) is 0 Å². The summed E-state index contributed by atoms with van der Waals surface area (Å²) in [4.78, 5) is 14.0. The van der Waals surface area contributed by atoms with Gasteiger partial charge >= 0.3 is 0 Å². The van der Waals surface area contributed by atoms with Crippen LogP contribution in [0.2, 0.25) is 0 Å². The molecule has 0 aliphatic carbocycles. The molecular formula is C15H20N2O2. The van der Waals surface area contributed by atoms with Crippen LogP contribution in [0.5, 0.6) is 0 Å². The number of hydrogen-bond acceptors (Lipinski definition) is 3. The van der Waals surface area contributed by atoms with Gasteiger partial charge in [-0.25, -0.2) is 0 Å². The number of amides is 1. The molecule has 1 aliphatic heterocycles. The number of hydrogen-bond donors (Lipinski definition) is 1. The lowest BCUT2D eigenvalue weighted by atomic mass is 10.2. The lowest BCUT2D eigenvalue weighted by Crippen LogP contribution is -2.36. The minimum atomic E-state index is -0.0541. The van der Waals surface area contributed by atoms with Crippen LogP contribution in [0.1, 0.15) is 13.8 Å². The van der Waals surface area contributed by atoms with Gasteiger partial charge in [0.2, 0.25) is 0 Å². The van der Waals surface area contributed by atoms with Crippen molar-refractivity contribution in [1.29, 1.82) is 0 Å². The SMILES string of the molecule is C/C=C(\C)C(=O)Nc1ccc(N2CCOCC2)cc1. The summed E-state index contributed by atoms with van der Waals surface area (Å²) in [5.74, 6) is -0.0541. The maximum atomic E-state index is 11.7. The van der Waals surface area contributed by atoms with Gasteiger partial charge in [-0.05, 0) is 38.1 Å². The summed E-state index contributed by atoms with van der Waals surface area (Å²) in [6.07, 6.45) is 1.80. The zero-order valence-corrected chi connectivity index (χ0v) is 11.5. The van der Waals surface area contributed by atoms with Crippen molar-refractivity contribution in [2.75, 3.05) is 36.5 Å². The number of carbonyl (C=O) groups is 1. The van der Waals surface area contributed by atoms with E-state index in [4.69, 9.17) is 4.74 Å². The van der Waals surface area contributed by atoms with E-state index in [1.54, 1.807) is 13.0 Å². The predicted molar refractivity (Wildman–Crippen MR) is 77.5 cm³/mol. The van der Waals surface area contributed by atoms with Crippen molar-refractivity contribution in [2.24, 2.45) is 0 Å². The number of nitrogens with one attached hydrogen (secondary N) is 1. The predicted octanol–water partition coefficient (Wildman–Crippen LogP) is 2.43. The molecule has 102 valence electrons. The van der Waals surface area contributed by atoms with Crippen molar-refractivity contribution in [3.8, 4) is 0 Å². The molecule has 1 aliphatic rings. The van der Waals surface area contributed by atoms with Crippen molar-refractivity contribution in [2.45, 2.75) is 13.8 Å². The highest BCUT2D eigenvalue weighted by Crippen LogP contribution is 2.19. The van der Waals surface area contributed by atoms with Crippen LogP contribution >= 0.6 is 0 Å². The second kappa shape index (κ2) is 6.38. The smallest absolute Gasteiger partial charge is 0.250 e. The summed E-state index contributed by atoms with van der Waals surface area (Å²) in [5.41, 5.74) is 2.71. The first-order chi connectivity index (χ1) is 9.20. The van der Waals surface area contributed by atoms with E-state index in [-0.39, 0.29) is 5.91 Å². The third kappa shape index (κ3) is 3.58. The molecule has 0 atom stereocenters. The number of carbonyl (C=O) groups excluding carboxylic acids is 1. The molecule has 1 aromatic carbocycles. The molecule has 1 fully saturated rings. The first kappa shape index (κ1) is 13.6. The molecule has 1 saturated heterocycles. The average Bonchev–Trinajstić information content (AvgIpc) is 2.48. The average molecular weight is 260 g/mol. The Labute approximate surface area is 114 Å². The molecule has 0 unspecified atom stereocenters. The summed E-state index contributed by atoms with van der Waals surface area (Å²) >= 11 is 0. The Morgan fingerprint density at radius 1 is 1.26 bits per heavy atom. The van der Waals surface area contributed by atoms with Gasteiger partial charge in [0.25, 0.3) is 5.91 Å². The maximum absolute atomic E-state index is 11.7. The molecule has 2 rings (SSSR count). The van der Waals surface area contributed by atoms with E-state index in [0.717, 1.165) is 37.6 Å². The fourth-order valence-electron chi connectivity index (χ4n) is 1.94. The lowest BCUT2D eigenvalue weighted by Gasteiger charge is -2.28. The molecule has 1 amide bonds. The second-order valence-corrected chi connectivity index (χ2v) is 4.57. The molecule has 4 heteroatoms. The molecule has 0 spiro atoms. The van der Waals surface area contributed by atoms with Crippen LogP contribution in [-0.4, -0.2) is 32.2 Å². The quantitative estimate of drug-likeness (QED) is 0.849. The van der Waals surface area contributed by atoms with Crippen LogP contribution in [0.4, 0.5) is 11.4 Å². The van der Waals surface area contributed by atoms with E-state index in [9.17, 15) is 4.79 Å². The number of benzene rings is 1. The fraction of sp³-hybridized carbons (Fsp3) is 0.400. The Morgan fingerprint density at radius 3 is 2.47 bits per heavy atom. The normalized spacial score (nSPS) is 16.3. The minimum Gasteiger partial charge on any atom is -0.378 e. The summed E-state index contributed by atoms with van der Waals surface area (Å²) in [7, 11) is 0. The summed E-state index contributed by atoms with van der Waals surface area (Å²) < 4.78 is 5.33. The highest BCUT2D eigenvalue weighted by Gasteiger charge is 2.11. The monoisotopic (exact) mass is 260 g/mol. The zero-order chi connectivity index (χ0) is 13.7. The Morgan fingerprint density at radius 2 is 1.89 bits per heavy atom. The number of allylic oxidation sites excluding steroid dienone is 1. The molecule has 19 heavy (non-hydrogen) atoms. The van der Waals surface area contributed by atoms with Crippen LogP contribution in [0.3, 0.4) is 0 Å². The van der Waals surface area contributed by atoms with Gasteiger partial charge in [0, 0.05) is 30.0 Å². The largest absolute Gasteiger partial charge is 0.378 e. The molecule has 0 aromatic heterocycles. The van der Waals surface area contributed by atoms with Gasteiger partial charge in [-0.1, -0.05) is 6.08 Å². The van der Waals surface area contributed by atoms with Gasteiger partial charge in [0.1, 0.15) is 0 Å². The van der Waals surface area contributed by atoms with Crippen LogP contribution in [0, 0.1) is 0 Å². The minimum absolute atomic E-state index is 0.0541. The van der Waals surface area contributed by atoms with Gasteiger partial charge in [-0.3, -0.25) is 4.79 Å². The summed E-state index contributed by atoms with van der Waals surface area (Å²) in [6.45, 7) is 7.05. The van der Waals surface area contributed by atoms with Gasteiger partial charge in [-0.2, -0.15) is 0 Å². The Hall–Kier alpha value is -1.81. The Bertz CT molecular complexity index is 460. The fourth-order valence-corrected chi connectivity index (χ4v) is 1.94. The van der Waals surface area contributed by atoms with Crippen molar-refractivity contribution < 1.29 is 9.53 Å². The Balaban J connectivity index is 2.00. The third-order valence-electron chi connectivity index (χ3n) is 3.29. The second-order valence-electron chi connectivity index (χ2n) is 4.57. The standard InChI is InChI=1S/C15H20N2O2/c1-3-12(2)15(18)16-13-4-6-14(7-5-13)17-8-10-19-11-9-17/h3-7H,8-11H2,1-2H3,(H,16,18)/b12-3+. The molecule has 0 radical (unpaired) electrons. The van der Waals surface area contributed by atoms with Crippen LogP contribution in [0.25, 0.3) is 0 Å². The van der Waals surface area contributed by atoms with Gasteiger partial charge in [0.15, 0.2) is 0 Å². The molecular weight excluding hydrogens is 240 g/mol. The first-order valence-corrected chi connectivity index (χ1v) is 6.57. The molecule has 1 aromatic rings. The number of rotatable bonds is 3. The van der Waals surface area contributed by atoms with Crippen molar-refractivity contribution in [1.82, 2.24) is 0 Å². The summed E-state index contributed by atoms with van der Waals surface area (Å²) in [6, 6.07) is 7.94. The maximum Gasteiger partial charge on any atom is 0.250 e. The molecule has 1 heterocycles. The van der Waals surface area contributed by atoms with Gasteiger partial charge in [0.05, 0.1) is 13.2 Å². The number of anilines is 2. The van der Waals surface area contributed by atoms with E-state index in [1.807, 2.05) is 31.2 Å². The van der Waals surface area contributed by atoms with E-state index in [1.165, 1.54) is 5.69 Å². The summed E-state index contributed by atoms with van der Waals surface area (Å²) in [5, 5.41) is 2.87. The number of ether oxygens (including phenoxy) is 1. The third-order valence-corrected chi connectivity index (χ3v) is 3.29. The highest BCUT2D eigenvalue weighted by molar-refractivity contribution is 6.03. The van der Waals surface area contributed by atoms with Crippen LogP contribution in [-0.2, 0) is 9.53 Å². The van der Waals surface area contributed by atoms with E-state index >= 15 is 0 Å². The van der Waals surface area contributed by atoms with E-state index in [2.05, 4.69) is 10.2 Å². The molecule has 0 bridgehead atoms. The molecule has 1 N–H and O–H groups in total. The molecule has 4 nitrogen and oxygen atoms in total. The van der Waals surface area contributed by atoms with Crippen LogP contribution < -0.4 is 10.2 Å². The van der Waals surface area contributed by atoms with Crippen molar-refractivity contribution in [3.63, 3.8) is 0 Å².